The Balaban J connectivity index is 2.50. The minimum Gasteiger partial charge on any atom is -0.350 e. The summed E-state index contributed by atoms with van der Waals surface area (Å²) in [4.78, 5) is 0.860. The van der Waals surface area contributed by atoms with E-state index in [1.165, 1.54) is 0 Å². The fraction of sp³-hybridized carbons (Fsp3) is 0.364. The number of hydrogen-bond acceptors (Lipinski definition) is 1. The summed E-state index contributed by atoms with van der Waals surface area (Å²) < 4.78 is 13.1. The van der Waals surface area contributed by atoms with E-state index in [0.29, 0.717) is 0 Å². The molecule has 0 aromatic heterocycles. The summed E-state index contributed by atoms with van der Waals surface area (Å²) in [7, 11) is 0. The highest BCUT2D eigenvalue weighted by Crippen LogP contribution is 2.26. The van der Waals surface area contributed by atoms with Crippen LogP contribution in [-0.4, -0.2) is 4.99 Å². The summed E-state index contributed by atoms with van der Waals surface area (Å²) in [5, 5.41) is 3.18. The molecule has 14 heavy (non-hydrogen) atoms. The Morgan fingerprint density at radius 1 is 1.36 bits per heavy atom. The van der Waals surface area contributed by atoms with Crippen molar-refractivity contribution in [2.75, 3.05) is 5.32 Å². The van der Waals surface area contributed by atoms with E-state index in [9.17, 15) is 4.39 Å². The van der Waals surface area contributed by atoms with Crippen LogP contribution in [0.2, 0.25) is 0 Å². The van der Waals surface area contributed by atoms with Crippen LogP contribution in [0.3, 0.4) is 0 Å². The quantitative estimate of drug-likeness (QED) is 0.658. The van der Waals surface area contributed by atoms with E-state index in [4.69, 9.17) is 12.2 Å². The third-order valence-corrected chi connectivity index (χ3v) is 2.80. The molecule has 1 aromatic carbocycles. The molecule has 1 aromatic rings. The van der Waals surface area contributed by atoms with Gasteiger partial charge in [0.05, 0.1) is 4.99 Å². The molecule has 0 saturated heterocycles. The number of halogens is 1. The van der Waals surface area contributed by atoms with Crippen LogP contribution in [0, 0.1) is 12.7 Å². The van der Waals surface area contributed by atoms with E-state index in [1.54, 1.807) is 12.1 Å². The van der Waals surface area contributed by atoms with Crippen molar-refractivity contribution < 1.29 is 4.39 Å². The number of nitrogens with one attached hydrogen (secondary N) is 1. The van der Waals surface area contributed by atoms with Crippen molar-refractivity contribution in [1.29, 1.82) is 0 Å². The highest BCUT2D eigenvalue weighted by atomic mass is 32.1. The molecule has 1 heterocycles. The van der Waals surface area contributed by atoms with E-state index >= 15 is 0 Å². The second-order valence-corrected chi connectivity index (χ2v) is 4.15. The fourth-order valence-corrected chi connectivity index (χ4v) is 2.08. The SMILES string of the molecule is Cc1cc(F)cc2c1NC(=S)CCC2. The number of hydrogen-bond donors (Lipinski definition) is 1. The van der Waals surface area contributed by atoms with E-state index in [1.807, 2.05) is 6.92 Å². The summed E-state index contributed by atoms with van der Waals surface area (Å²) in [5.74, 6) is -0.157. The van der Waals surface area contributed by atoms with Gasteiger partial charge in [-0.3, -0.25) is 0 Å². The van der Waals surface area contributed by atoms with Gasteiger partial charge in [0, 0.05) is 5.69 Å². The first-order chi connectivity index (χ1) is 6.66. The molecule has 0 atom stereocenters. The summed E-state index contributed by atoms with van der Waals surface area (Å²) in [5.41, 5.74) is 2.99. The smallest absolute Gasteiger partial charge is 0.123 e. The van der Waals surface area contributed by atoms with Crippen LogP contribution in [-0.2, 0) is 6.42 Å². The first-order valence-electron chi connectivity index (χ1n) is 4.75. The summed E-state index contributed by atoms with van der Waals surface area (Å²) in [6, 6.07) is 3.14. The van der Waals surface area contributed by atoms with Gasteiger partial charge in [0.15, 0.2) is 0 Å². The van der Waals surface area contributed by atoms with Crippen LogP contribution in [0.5, 0.6) is 0 Å². The van der Waals surface area contributed by atoms with Crippen molar-refractivity contribution in [3.63, 3.8) is 0 Å². The van der Waals surface area contributed by atoms with Crippen molar-refractivity contribution in [2.24, 2.45) is 0 Å². The molecule has 1 nitrogen and oxygen atoms in total. The monoisotopic (exact) mass is 209 g/mol. The first kappa shape index (κ1) is 9.59. The zero-order valence-electron chi connectivity index (χ0n) is 8.06. The highest BCUT2D eigenvalue weighted by Gasteiger charge is 2.13. The maximum atomic E-state index is 13.1. The lowest BCUT2D eigenvalue weighted by molar-refractivity contribution is 0.624. The van der Waals surface area contributed by atoms with E-state index in [0.717, 1.165) is 41.1 Å². The van der Waals surface area contributed by atoms with Gasteiger partial charge in [0.25, 0.3) is 0 Å². The molecular weight excluding hydrogens is 197 g/mol. The zero-order valence-corrected chi connectivity index (χ0v) is 8.88. The molecule has 1 N–H and O–H groups in total. The van der Waals surface area contributed by atoms with Gasteiger partial charge in [-0.1, -0.05) is 12.2 Å². The minimum atomic E-state index is -0.157. The van der Waals surface area contributed by atoms with E-state index < -0.39 is 0 Å². The lowest BCUT2D eigenvalue weighted by Gasteiger charge is -2.11. The van der Waals surface area contributed by atoms with Crippen molar-refractivity contribution >= 4 is 22.9 Å². The predicted molar refractivity (Wildman–Crippen MR) is 60.3 cm³/mol. The lowest BCUT2D eigenvalue weighted by atomic mass is 10.0. The van der Waals surface area contributed by atoms with Gasteiger partial charge in [-0.25, -0.2) is 4.39 Å². The van der Waals surface area contributed by atoms with E-state index in [2.05, 4.69) is 5.32 Å². The van der Waals surface area contributed by atoms with Crippen LogP contribution in [0.1, 0.15) is 24.0 Å². The Labute approximate surface area is 88.3 Å². The van der Waals surface area contributed by atoms with Gasteiger partial charge >= 0.3 is 0 Å². The van der Waals surface area contributed by atoms with Crippen LogP contribution in [0.4, 0.5) is 10.1 Å². The van der Waals surface area contributed by atoms with Crippen molar-refractivity contribution in [1.82, 2.24) is 0 Å². The van der Waals surface area contributed by atoms with Gasteiger partial charge in [-0.2, -0.15) is 0 Å². The molecule has 74 valence electrons. The lowest BCUT2D eigenvalue weighted by Crippen LogP contribution is -2.08. The van der Waals surface area contributed by atoms with Crippen LogP contribution < -0.4 is 5.32 Å². The maximum Gasteiger partial charge on any atom is 0.123 e. The minimum absolute atomic E-state index is 0.157. The topological polar surface area (TPSA) is 12.0 Å². The number of thiocarbonyl (C=S) groups is 1. The number of aryl methyl sites for hydroxylation is 2. The molecule has 0 unspecified atom stereocenters. The molecule has 0 amide bonds. The average molecular weight is 209 g/mol. The Kier molecular flexibility index (Phi) is 2.50. The molecule has 1 aliphatic heterocycles. The van der Waals surface area contributed by atoms with Gasteiger partial charge in [0.2, 0.25) is 0 Å². The molecule has 0 fully saturated rings. The largest absolute Gasteiger partial charge is 0.350 e. The standard InChI is InChI=1S/C11H12FNS/c1-7-5-9(12)6-8-3-2-4-10(14)13-11(7)8/h5-6H,2-4H2,1H3,(H,13,14). The molecule has 0 saturated carbocycles. The normalized spacial score (nSPS) is 15.7. The molecule has 3 heteroatoms. The molecular formula is C11H12FNS. The second-order valence-electron chi connectivity index (χ2n) is 3.66. The molecule has 1 aliphatic rings. The Morgan fingerprint density at radius 3 is 2.93 bits per heavy atom. The third-order valence-electron chi connectivity index (χ3n) is 2.50. The van der Waals surface area contributed by atoms with Crippen LogP contribution in [0.15, 0.2) is 12.1 Å². The van der Waals surface area contributed by atoms with Gasteiger partial charge in [-0.15, -0.1) is 0 Å². The average Bonchev–Trinajstić information content (AvgIpc) is 2.27. The van der Waals surface area contributed by atoms with Crippen molar-refractivity contribution in [3.8, 4) is 0 Å². The third kappa shape index (κ3) is 1.77. The first-order valence-corrected chi connectivity index (χ1v) is 5.16. The number of fused-ring (bicyclic) bond motifs is 1. The van der Waals surface area contributed by atoms with Crippen LogP contribution in [0.25, 0.3) is 0 Å². The van der Waals surface area contributed by atoms with Gasteiger partial charge in [0.1, 0.15) is 5.82 Å². The zero-order chi connectivity index (χ0) is 10.1. The van der Waals surface area contributed by atoms with Gasteiger partial charge < -0.3 is 5.32 Å². The molecule has 0 bridgehead atoms. The summed E-state index contributed by atoms with van der Waals surface area (Å²) in [6.45, 7) is 1.91. The summed E-state index contributed by atoms with van der Waals surface area (Å²) >= 11 is 5.16. The molecule has 0 aliphatic carbocycles. The van der Waals surface area contributed by atoms with Crippen molar-refractivity contribution in [2.45, 2.75) is 26.2 Å². The Morgan fingerprint density at radius 2 is 2.14 bits per heavy atom. The molecule has 0 spiro atoms. The maximum absolute atomic E-state index is 13.1. The molecule has 2 rings (SSSR count). The number of anilines is 1. The highest BCUT2D eigenvalue weighted by molar-refractivity contribution is 7.80. The second kappa shape index (κ2) is 3.65. The predicted octanol–water partition coefficient (Wildman–Crippen LogP) is 3.21. The van der Waals surface area contributed by atoms with Crippen molar-refractivity contribution in [3.05, 3.63) is 29.1 Å². The summed E-state index contributed by atoms with van der Waals surface area (Å²) in [6.07, 6.45) is 2.80. The Bertz CT molecular complexity index is 387. The Hall–Kier alpha value is -0.960. The fourth-order valence-electron chi connectivity index (χ4n) is 1.83. The number of rotatable bonds is 0. The van der Waals surface area contributed by atoms with E-state index in [-0.39, 0.29) is 5.82 Å². The molecule has 0 radical (unpaired) electrons. The van der Waals surface area contributed by atoms with Gasteiger partial charge in [-0.05, 0) is 49.4 Å². The van der Waals surface area contributed by atoms with Crippen LogP contribution >= 0.6 is 12.2 Å². The number of benzene rings is 1.